The molecule has 1 aromatic heterocycles. The first-order valence-corrected chi connectivity index (χ1v) is 7.65. The highest BCUT2D eigenvalue weighted by Gasteiger charge is 2.22. The van der Waals surface area contributed by atoms with Crippen LogP contribution in [0.2, 0.25) is 0 Å². The van der Waals surface area contributed by atoms with Crippen molar-refractivity contribution in [3.8, 4) is 0 Å². The molecule has 0 atom stereocenters. The van der Waals surface area contributed by atoms with E-state index in [4.69, 9.17) is 0 Å². The Morgan fingerprint density at radius 2 is 1.78 bits per heavy atom. The summed E-state index contributed by atoms with van der Waals surface area (Å²) in [6.07, 6.45) is 1.59. The molecule has 0 aliphatic carbocycles. The summed E-state index contributed by atoms with van der Waals surface area (Å²) in [4.78, 5) is 0. The minimum atomic E-state index is -3.49. The predicted molar refractivity (Wildman–Crippen MR) is 72.8 cm³/mol. The third-order valence-electron chi connectivity index (χ3n) is 2.65. The lowest BCUT2D eigenvalue weighted by Gasteiger charge is -2.21. The zero-order valence-electron chi connectivity index (χ0n) is 11.4. The van der Waals surface area contributed by atoms with Crippen molar-refractivity contribution in [3.05, 3.63) is 11.4 Å². The molecule has 0 aromatic carbocycles. The van der Waals surface area contributed by atoms with Crippen LogP contribution in [-0.4, -0.2) is 36.0 Å². The Morgan fingerprint density at radius 1 is 1.22 bits per heavy atom. The predicted octanol–water partition coefficient (Wildman–Crippen LogP) is 1.81. The van der Waals surface area contributed by atoms with Crippen LogP contribution in [0.15, 0.2) is 0 Å². The van der Waals surface area contributed by atoms with Crippen LogP contribution in [-0.2, 0) is 10.2 Å². The number of aromatic nitrogens is 2. The Bertz CT molecular complexity index is 456. The highest BCUT2D eigenvalue weighted by molar-refractivity contribution is 7.90. The van der Waals surface area contributed by atoms with Crippen molar-refractivity contribution in [3.63, 3.8) is 0 Å². The van der Waals surface area contributed by atoms with Crippen molar-refractivity contribution in [2.45, 2.75) is 40.5 Å². The topological polar surface area (TPSA) is 78.1 Å². The number of H-pyrrole nitrogens is 1. The SMILES string of the molecule is CCCN(CCC)S(=O)(=O)Nc1c(C)n[nH]c1C. The average molecular weight is 274 g/mol. The van der Waals surface area contributed by atoms with E-state index in [1.807, 2.05) is 13.8 Å². The maximum absolute atomic E-state index is 12.3. The summed E-state index contributed by atoms with van der Waals surface area (Å²) in [7, 11) is -3.49. The molecule has 7 heteroatoms. The molecule has 18 heavy (non-hydrogen) atoms. The van der Waals surface area contributed by atoms with Crippen LogP contribution in [0.3, 0.4) is 0 Å². The van der Waals surface area contributed by atoms with Gasteiger partial charge in [-0.15, -0.1) is 0 Å². The van der Waals surface area contributed by atoms with Gasteiger partial charge in [0.1, 0.15) is 0 Å². The third-order valence-corrected chi connectivity index (χ3v) is 4.15. The highest BCUT2D eigenvalue weighted by atomic mass is 32.2. The van der Waals surface area contributed by atoms with Gasteiger partial charge >= 0.3 is 10.2 Å². The van der Waals surface area contributed by atoms with E-state index in [0.717, 1.165) is 18.5 Å². The molecule has 0 bridgehead atoms. The molecule has 1 rings (SSSR count). The molecular formula is C11H22N4O2S. The molecule has 0 unspecified atom stereocenters. The fourth-order valence-electron chi connectivity index (χ4n) is 1.75. The van der Waals surface area contributed by atoms with Crippen LogP contribution in [0.1, 0.15) is 38.1 Å². The number of nitrogens with one attached hydrogen (secondary N) is 2. The second-order valence-corrected chi connectivity index (χ2v) is 5.99. The molecule has 1 aromatic rings. The fourth-order valence-corrected chi connectivity index (χ4v) is 3.28. The molecule has 0 amide bonds. The smallest absolute Gasteiger partial charge is 0.280 e. The summed E-state index contributed by atoms with van der Waals surface area (Å²) >= 11 is 0. The number of aryl methyl sites for hydroxylation is 2. The molecule has 2 N–H and O–H groups in total. The summed E-state index contributed by atoms with van der Waals surface area (Å²) in [5.41, 5.74) is 1.93. The van der Waals surface area contributed by atoms with Crippen molar-refractivity contribution in [1.29, 1.82) is 0 Å². The lowest BCUT2D eigenvalue weighted by atomic mass is 10.3. The zero-order chi connectivity index (χ0) is 13.8. The summed E-state index contributed by atoms with van der Waals surface area (Å²) in [6, 6.07) is 0. The van der Waals surface area contributed by atoms with E-state index in [9.17, 15) is 8.42 Å². The van der Waals surface area contributed by atoms with Crippen LogP contribution >= 0.6 is 0 Å². The van der Waals surface area contributed by atoms with Crippen LogP contribution in [0.25, 0.3) is 0 Å². The lowest BCUT2D eigenvalue weighted by molar-refractivity contribution is 0.413. The maximum atomic E-state index is 12.3. The number of nitrogens with zero attached hydrogens (tertiary/aromatic N) is 2. The van der Waals surface area contributed by atoms with Crippen LogP contribution in [0.5, 0.6) is 0 Å². The molecule has 1 heterocycles. The minimum Gasteiger partial charge on any atom is -0.280 e. The van der Waals surface area contributed by atoms with E-state index in [0.29, 0.717) is 24.5 Å². The molecule has 0 aliphatic heterocycles. The van der Waals surface area contributed by atoms with Crippen LogP contribution in [0.4, 0.5) is 5.69 Å². The number of hydrogen-bond acceptors (Lipinski definition) is 3. The molecule has 0 radical (unpaired) electrons. The Labute approximate surface area is 109 Å². The van der Waals surface area contributed by atoms with Crippen LogP contribution < -0.4 is 4.72 Å². The van der Waals surface area contributed by atoms with Gasteiger partial charge in [0.15, 0.2) is 0 Å². The third kappa shape index (κ3) is 3.46. The van der Waals surface area contributed by atoms with Gasteiger partial charge < -0.3 is 0 Å². The second-order valence-electron chi connectivity index (χ2n) is 4.32. The zero-order valence-corrected chi connectivity index (χ0v) is 12.3. The van der Waals surface area contributed by atoms with Crippen LogP contribution in [0, 0.1) is 13.8 Å². The fraction of sp³-hybridized carbons (Fsp3) is 0.727. The van der Waals surface area contributed by atoms with Gasteiger partial charge in [-0.2, -0.15) is 17.8 Å². The molecule has 0 saturated carbocycles. The highest BCUT2D eigenvalue weighted by Crippen LogP contribution is 2.19. The Hall–Kier alpha value is -1.08. The first-order valence-electron chi connectivity index (χ1n) is 6.21. The van der Waals surface area contributed by atoms with E-state index >= 15 is 0 Å². The molecule has 0 aliphatic rings. The standard InChI is InChI=1S/C11H22N4O2S/c1-5-7-15(8-6-2)18(16,17)14-11-9(3)12-13-10(11)4/h14H,5-8H2,1-4H3,(H,12,13). The molecule has 6 nitrogen and oxygen atoms in total. The van der Waals surface area contributed by atoms with Crippen molar-refractivity contribution >= 4 is 15.9 Å². The Balaban J connectivity index is 2.92. The van der Waals surface area contributed by atoms with E-state index in [1.165, 1.54) is 4.31 Å². The van der Waals surface area contributed by atoms with Gasteiger partial charge in [0.25, 0.3) is 0 Å². The molecule has 104 valence electrons. The van der Waals surface area contributed by atoms with E-state index < -0.39 is 10.2 Å². The summed E-state index contributed by atoms with van der Waals surface area (Å²) < 4.78 is 28.6. The normalized spacial score (nSPS) is 12.1. The number of hydrogen-bond donors (Lipinski definition) is 2. The largest absolute Gasteiger partial charge is 0.301 e. The summed E-state index contributed by atoms with van der Waals surface area (Å²) in [5, 5.41) is 6.75. The van der Waals surface area contributed by atoms with Gasteiger partial charge in [-0.1, -0.05) is 13.8 Å². The lowest BCUT2D eigenvalue weighted by Crippen LogP contribution is -2.37. The Kier molecular flexibility index (Phi) is 5.15. The van der Waals surface area contributed by atoms with Gasteiger partial charge in [-0.05, 0) is 26.7 Å². The van der Waals surface area contributed by atoms with Gasteiger partial charge in [0, 0.05) is 13.1 Å². The summed E-state index contributed by atoms with van der Waals surface area (Å²) in [5.74, 6) is 0. The van der Waals surface area contributed by atoms with Gasteiger partial charge in [-0.25, -0.2) is 0 Å². The molecular weight excluding hydrogens is 252 g/mol. The molecule has 0 saturated heterocycles. The second kappa shape index (κ2) is 6.19. The molecule has 0 fully saturated rings. The average Bonchev–Trinajstić information content (AvgIpc) is 2.60. The number of rotatable bonds is 7. The van der Waals surface area contributed by atoms with Gasteiger partial charge in [0.2, 0.25) is 0 Å². The van der Waals surface area contributed by atoms with E-state index in [2.05, 4.69) is 14.9 Å². The maximum Gasteiger partial charge on any atom is 0.301 e. The quantitative estimate of drug-likeness (QED) is 0.796. The van der Waals surface area contributed by atoms with E-state index in [-0.39, 0.29) is 0 Å². The monoisotopic (exact) mass is 274 g/mol. The van der Waals surface area contributed by atoms with Gasteiger partial charge in [0.05, 0.1) is 17.1 Å². The summed E-state index contributed by atoms with van der Waals surface area (Å²) in [6.45, 7) is 8.55. The van der Waals surface area contributed by atoms with E-state index in [1.54, 1.807) is 13.8 Å². The van der Waals surface area contributed by atoms with Crippen molar-refractivity contribution in [1.82, 2.24) is 14.5 Å². The van der Waals surface area contributed by atoms with Crippen molar-refractivity contribution in [2.75, 3.05) is 17.8 Å². The first-order chi connectivity index (χ1) is 8.42. The van der Waals surface area contributed by atoms with Crippen molar-refractivity contribution < 1.29 is 8.42 Å². The number of aromatic amines is 1. The first kappa shape index (κ1) is 15.0. The molecule has 0 spiro atoms. The van der Waals surface area contributed by atoms with Crippen molar-refractivity contribution in [2.24, 2.45) is 0 Å². The van der Waals surface area contributed by atoms with Gasteiger partial charge in [-0.3, -0.25) is 9.82 Å². The number of anilines is 1. The minimum absolute atomic E-state index is 0.527. The Morgan fingerprint density at radius 3 is 2.17 bits per heavy atom.